The van der Waals surface area contributed by atoms with Crippen LogP contribution in [-0.2, 0) is 9.53 Å². The summed E-state index contributed by atoms with van der Waals surface area (Å²) in [4.78, 5) is 40.6. The Labute approximate surface area is 184 Å². The van der Waals surface area contributed by atoms with E-state index in [-0.39, 0.29) is 24.8 Å². The molecule has 0 saturated carbocycles. The minimum atomic E-state index is -0.658. The van der Waals surface area contributed by atoms with Crippen molar-refractivity contribution >= 4 is 23.6 Å². The van der Waals surface area contributed by atoms with Gasteiger partial charge in [0.15, 0.2) is 0 Å². The number of amides is 2. The third-order valence-corrected chi connectivity index (χ3v) is 4.00. The molecule has 2 N–H and O–H groups in total. The Bertz CT molecular complexity index is 1130. The molecule has 0 aliphatic heterocycles. The van der Waals surface area contributed by atoms with Crippen LogP contribution in [0.1, 0.15) is 43.4 Å². The van der Waals surface area contributed by atoms with Gasteiger partial charge in [0.2, 0.25) is 17.6 Å². The van der Waals surface area contributed by atoms with Crippen LogP contribution in [0.4, 0.5) is 10.5 Å². The van der Waals surface area contributed by atoms with Gasteiger partial charge in [-0.3, -0.25) is 9.59 Å². The topological polar surface area (TPSA) is 141 Å². The molecule has 3 aromatic rings. The number of rotatable bonds is 6. The largest absolute Gasteiger partial charge is 0.442 e. The van der Waals surface area contributed by atoms with Gasteiger partial charge in [0, 0.05) is 31.0 Å². The molecule has 1 aromatic carbocycles. The molecular weight excluding hydrogens is 416 g/mol. The fraction of sp³-hybridized carbons (Fsp3) is 0.333. The van der Waals surface area contributed by atoms with E-state index in [9.17, 15) is 14.4 Å². The maximum Gasteiger partial charge on any atom is 0.435 e. The molecule has 0 bridgehead atoms. The van der Waals surface area contributed by atoms with Gasteiger partial charge in [-0.1, -0.05) is 17.3 Å². The molecule has 2 heterocycles. The summed E-state index contributed by atoms with van der Waals surface area (Å²) in [5.74, 6) is 0.142. The van der Waals surface area contributed by atoms with E-state index in [4.69, 9.17) is 9.26 Å². The first-order valence-corrected chi connectivity index (χ1v) is 9.87. The number of nitrogens with zero attached hydrogens (tertiary/aromatic N) is 4. The molecule has 2 aromatic heterocycles. The Morgan fingerprint density at radius 3 is 2.69 bits per heavy atom. The molecule has 0 atom stereocenters. The van der Waals surface area contributed by atoms with Crippen LogP contribution >= 0.6 is 0 Å². The molecular formula is C21H24N6O5. The van der Waals surface area contributed by atoms with E-state index in [1.54, 1.807) is 52.0 Å². The fourth-order valence-electron chi connectivity index (χ4n) is 2.63. The summed E-state index contributed by atoms with van der Waals surface area (Å²) >= 11 is 0. The maximum absolute atomic E-state index is 12.4. The predicted octanol–water partition coefficient (Wildman–Crippen LogP) is 2.78. The minimum absolute atomic E-state index is 0.0348. The van der Waals surface area contributed by atoms with Gasteiger partial charge in [-0.25, -0.2) is 4.79 Å². The molecule has 32 heavy (non-hydrogen) atoms. The Balaban J connectivity index is 1.48. The maximum atomic E-state index is 12.4. The van der Waals surface area contributed by atoms with Crippen LogP contribution < -0.4 is 10.6 Å². The van der Waals surface area contributed by atoms with Gasteiger partial charge in [-0.05, 0) is 32.9 Å². The highest BCUT2D eigenvalue weighted by molar-refractivity contribution is 5.96. The molecule has 2 amide bonds. The van der Waals surface area contributed by atoms with E-state index in [1.165, 1.54) is 12.4 Å². The Morgan fingerprint density at radius 1 is 1.22 bits per heavy atom. The van der Waals surface area contributed by atoms with E-state index in [1.807, 2.05) is 0 Å². The fourth-order valence-corrected chi connectivity index (χ4v) is 2.63. The van der Waals surface area contributed by atoms with Gasteiger partial charge in [0.25, 0.3) is 5.91 Å². The number of ether oxygens (including phenoxy) is 1. The van der Waals surface area contributed by atoms with Crippen LogP contribution in [0.3, 0.4) is 0 Å². The summed E-state index contributed by atoms with van der Waals surface area (Å²) in [5, 5.41) is 13.0. The number of anilines is 1. The van der Waals surface area contributed by atoms with Crippen molar-refractivity contribution in [2.45, 2.75) is 39.7 Å². The van der Waals surface area contributed by atoms with E-state index >= 15 is 0 Å². The molecule has 0 saturated heterocycles. The monoisotopic (exact) mass is 440 g/mol. The first-order chi connectivity index (χ1) is 15.1. The second kappa shape index (κ2) is 9.41. The van der Waals surface area contributed by atoms with Crippen molar-refractivity contribution in [1.29, 1.82) is 0 Å². The lowest BCUT2D eigenvalue weighted by atomic mass is 10.1. The van der Waals surface area contributed by atoms with Crippen molar-refractivity contribution < 1.29 is 23.6 Å². The third kappa shape index (κ3) is 6.24. The van der Waals surface area contributed by atoms with E-state index in [0.29, 0.717) is 28.5 Å². The standard InChI is InChI=1S/C21H24N6O5/c1-13-24-18(26-32-13)14-6-5-7-15(10-14)19(29)22-9-8-17(28)25-16-11-23-27(12-16)20(30)31-21(2,3)4/h5-7,10-12H,8-9H2,1-4H3,(H,22,29)(H,25,28). The summed E-state index contributed by atoms with van der Waals surface area (Å²) in [6.45, 7) is 7.03. The van der Waals surface area contributed by atoms with E-state index in [2.05, 4.69) is 25.9 Å². The normalized spacial score (nSPS) is 11.1. The van der Waals surface area contributed by atoms with Crippen LogP contribution in [0.25, 0.3) is 11.4 Å². The number of hydrogen-bond donors (Lipinski definition) is 2. The van der Waals surface area contributed by atoms with Crippen molar-refractivity contribution in [3.05, 3.63) is 48.1 Å². The zero-order valence-corrected chi connectivity index (χ0v) is 18.2. The quantitative estimate of drug-likeness (QED) is 0.596. The number of hydrogen-bond acceptors (Lipinski definition) is 8. The summed E-state index contributed by atoms with van der Waals surface area (Å²) in [6, 6.07) is 6.78. The molecule has 11 nitrogen and oxygen atoms in total. The van der Waals surface area contributed by atoms with E-state index < -0.39 is 11.7 Å². The second-order valence-corrected chi connectivity index (χ2v) is 7.93. The lowest BCUT2D eigenvalue weighted by Crippen LogP contribution is -2.28. The number of benzene rings is 1. The zero-order valence-electron chi connectivity index (χ0n) is 18.2. The summed E-state index contributed by atoms with van der Waals surface area (Å²) in [5.41, 5.74) is 0.739. The Morgan fingerprint density at radius 2 is 2.00 bits per heavy atom. The summed E-state index contributed by atoms with van der Waals surface area (Å²) in [6.07, 6.45) is 2.08. The molecule has 0 aliphatic rings. The highest BCUT2D eigenvalue weighted by Gasteiger charge is 2.19. The van der Waals surface area contributed by atoms with Crippen LogP contribution in [0, 0.1) is 6.92 Å². The zero-order chi connectivity index (χ0) is 23.3. The molecule has 0 unspecified atom stereocenters. The number of nitrogens with one attached hydrogen (secondary N) is 2. The van der Waals surface area contributed by atoms with Crippen molar-refractivity contribution in [1.82, 2.24) is 25.2 Å². The van der Waals surface area contributed by atoms with Gasteiger partial charge >= 0.3 is 6.09 Å². The van der Waals surface area contributed by atoms with Crippen molar-refractivity contribution in [2.24, 2.45) is 0 Å². The average molecular weight is 440 g/mol. The molecule has 11 heteroatoms. The molecule has 0 spiro atoms. The number of aromatic nitrogens is 4. The first-order valence-electron chi connectivity index (χ1n) is 9.87. The third-order valence-electron chi connectivity index (χ3n) is 4.00. The smallest absolute Gasteiger partial charge is 0.435 e. The number of carbonyl (C=O) groups excluding carboxylic acids is 3. The lowest BCUT2D eigenvalue weighted by molar-refractivity contribution is -0.116. The Hall–Kier alpha value is -4.02. The molecule has 0 radical (unpaired) electrons. The van der Waals surface area contributed by atoms with Crippen molar-refractivity contribution in [3.8, 4) is 11.4 Å². The van der Waals surface area contributed by atoms with Gasteiger partial charge in [-0.15, -0.1) is 0 Å². The first kappa shape index (κ1) is 22.7. The van der Waals surface area contributed by atoms with Gasteiger partial charge in [0.1, 0.15) is 5.60 Å². The molecule has 168 valence electrons. The van der Waals surface area contributed by atoms with Crippen LogP contribution in [0.2, 0.25) is 0 Å². The SMILES string of the molecule is Cc1nc(-c2cccc(C(=O)NCCC(=O)Nc3cnn(C(=O)OC(C)(C)C)c3)c2)no1. The summed E-state index contributed by atoms with van der Waals surface area (Å²) < 4.78 is 11.2. The van der Waals surface area contributed by atoms with Gasteiger partial charge in [0.05, 0.1) is 18.1 Å². The molecule has 3 rings (SSSR count). The lowest BCUT2D eigenvalue weighted by Gasteiger charge is -2.18. The van der Waals surface area contributed by atoms with Gasteiger partial charge < -0.3 is 19.9 Å². The van der Waals surface area contributed by atoms with Crippen LogP contribution in [0.15, 0.2) is 41.2 Å². The number of carbonyl (C=O) groups is 3. The van der Waals surface area contributed by atoms with Gasteiger partial charge in [-0.2, -0.15) is 14.8 Å². The van der Waals surface area contributed by atoms with Crippen LogP contribution in [-0.4, -0.2) is 50.0 Å². The second-order valence-electron chi connectivity index (χ2n) is 7.93. The van der Waals surface area contributed by atoms with E-state index in [0.717, 1.165) is 4.68 Å². The number of aryl methyl sites for hydroxylation is 1. The highest BCUT2D eigenvalue weighted by atomic mass is 16.6. The Kier molecular flexibility index (Phi) is 6.67. The van der Waals surface area contributed by atoms with Crippen molar-refractivity contribution in [2.75, 3.05) is 11.9 Å². The molecule has 0 aliphatic carbocycles. The summed E-state index contributed by atoms with van der Waals surface area (Å²) in [7, 11) is 0. The molecule has 0 fully saturated rings. The average Bonchev–Trinajstić information content (AvgIpc) is 3.36. The predicted molar refractivity (Wildman–Crippen MR) is 114 cm³/mol. The van der Waals surface area contributed by atoms with Crippen molar-refractivity contribution in [3.63, 3.8) is 0 Å². The minimum Gasteiger partial charge on any atom is -0.442 e. The highest BCUT2D eigenvalue weighted by Crippen LogP contribution is 2.17. The van der Waals surface area contributed by atoms with Crippen LogP contribution in [0.5, 0.6) is 0 Å².